The van der Waals surface area contributed by atoms with Gasteiger partial charge in [0, 0.05) is 11.5 Å². The normalized spacial score (nSPS) is 30.9. The third-order valence-corrected chi connectivity index (χ3v) is 6.46. The summed E-state index contributed by atoms with van der Waals surface area (Å²) >= 11 is 0. The molecule has 4 rings (SSSR count). The number of amides is 1. The maximum atomic E-state index is 13.1. The fourth-order valence-electron chi connectivity index (χ4n) is 5.19. The van der Waals surface area contributed by atoms with Crippen LogP contribution in [-0.2, 0) is 16.0 Å². The van der Waals surface area contributed by atoms with Crippen molar-refractivity contribution in [1.82, 2.24) is 4.90 Å². The average molecular weight is 414 g/mol. The number of nitrogens with two attached hydrogens (primary N) is 1. The fraction of sp³-hybridized carbons (Fsp3) is 0.381. The van der Waals surface area contributed by atoms with E-state index < -0.39 is 58.0 Å². The average Bonchev–Trinajstić information content (AvgIpc) is 2.64. The second kappa shape index (κ2) is 6.41. The van der Waals surface area contributed by atoms with E-state index in [1.165, 1.54) is 11.0 Å². The number of carbonyl (C=O) groups excluding carboxylic acids is 3. The molecule has 0 saturated heterocycles. The number of ketones is 2. The van der Waals surface area contributed by atoms with Gasteiger partial charge in [-0.2, -0.15) is 0 Å². The Morgan fingerprint density at radius 2 is 1.87 bits per heavy atom. The summed E-state index contributed by atoms with van der Waals surface area (Å²) in [7, 11) is 3.18. The highest BCUT2D eigenvalue weighted by atomic mass is 16.3. The number of Topliss-reactive ketones (excluding diaryl/α,β-unsaturated/α-hetero) is 2. The van der Waals surface area contributed by atoms with Crippen molar-refractivity contribution in [1.29, 1.82) is 0 Å². The molecule has 1 aromatic carbocycles. The molecule has 0 bridgehead atoms. The Labute approximate surface area is 171 Å². The quantitative estimate of drug-likeness (QED) is 0.426. The van der Waals surface area contributed by atoms with Crippen LogP contribution in [0.3, 0.4) is 0 Å². The zero-order valence-corrected chi connectivity index (χ0v) is 16.4. The number of phenols is 1. The molecule has 0 saturated carbocycles. The smallest absolute Gasteiger partial charge is 0.255 e. The van der Waals surface area contributed by atoms with Crippen LogP contribution in [0.4, 0.5) is 0 Å². The van der Waals surface area contributed by atoms with E-state index in [-0.39, 0.29) is 23.3 Å². The summed E-state index contributed by atoms with van der Waals surface area (Å²) in [5.74, 6) is -6.42. The topological polar surface area (TPSA) is 161 Å². The van der Waals surface area contributed by atoms with Gasteiger partial charge in [-0.3, -0.25) is 19.3 Å². The van der Waals surface area contributed by atoms with Crippen molar-refractivity contribution in [2.24, 2.45) is 17.6 Å². The van der Waals surface area contributed by atoms with Crippen molar-refractivity contribution in [3.05, 3.63) is 52.0 Å². The summed E-state index contributed by atoms with van der Waals surface area (Å²) in [5, 5.41) is 43.2. The number of benzene rings is 1. The van der Waals surface area contributed by atoms with E-state index in [9.17, 15) is 34.8 Å². The number of likely N-dealkylation sites (N-methyl/N-ethyl adjacent to an activating group) is 1. The molecular weight excluding hydrogens is 392 g/mol. The van der Waals surface area contributed by atoms with Crippen LogP contribution in [0, 0.1) is 11.8 Å². The SMILES string of the molecule is CN(C)C1C(O)=C(C(N)=O)C(=O)C2(O)C(O)=C3C(=O)c4c(O)cccc4CC3CC12. The summed E-state index contributed by atoms with van der Waals surface area (Å²) < 4.78 is 0. The van der Waals surface area contributed by atoms with E-state index in [4.69, 9.17) is 5.73 Å². The van der Waals surface area contributed by atoms with E-state index in [1.807, 2.05) is 0 Å². The predicted octanol–water partition coefficient (Wildman–Crippen LogP) is 0.121. The first-order valence-electron chi connectivity index (χ1n) is 9.47. The molecule has 4 atom stereocenters. The number of nitrogens with zero attached hydrogens (tertiary/aromatic N) is 1. The van der Waals surface area contributed by atoms with Crippen LogP contribution < -0.4 is 5.73 Å². The van der Waals surface area contributed by atoms with Gasteiger partial charge in [-0.15, -0.1) is 0 Å². The zero-order valence-electron chi connectivity index (χ0n) is 16.4. The summed E-state index contributed by atoms with van der Waals surface area (Å²) in [4.78, 5) is 39.6. The van der Waals surface area contributed by atoms with Crippen LogP contribution in [0.15, 0.2) is 40.9 Å². The number of hydrogen-bond acceptors (Lipinski definition) is 8. The molecule has 9 nitrogen and oxygen atoms in total. The highest BCUT2D eigenvalue weighted by molar-refractivity contribution is 6.24. The summed E-state index contributed by atoms with van der Waals surface area (Å²) in [5.41, 5.74) is 2.31. The third kappa shape index (κ3) is 2.39. The minimum absolute atomic E-state index is 0.0123. The van der Waals surface area contributed by atoms with E-state index in [1.54, 1.807) is 26.2 Å². The van der Waals surface area contributed by atoms with Crippen molar-refractivity contribution in [3.63, 3.8) is 0 Å². The molecular formula is C21H22N2O7. The number of aliphatic hydroxyl groups excluding tert-OH is 2. The third-order valence-electron chi connectivity index (χ3n) is 6.46. The maximum Gasteiger partial charge on any atom is 0.255 e. The van der Waals surface area contributed by atoms with Crippen LogP contribution in [0.5, 0.6) is 5.75 Å². The number of rotatable bonds is 2. The zero-order chi connectivity index (χ0) is 22.1. The number of aromatic hydroxyl groups is 1. The Kier molecular flexibility index (Phi) is 4.30. The van der Waals surface area contributed by atoms with Gasteiger partial charge in [0.1, 0.15) is 22.8 Å². The lowest BCUT2D eigenvalue weighted by atomic mass is 9.58. The number of fused-ring (bicyclic) bond motifs is 3. The molecule has 1 aromatic rings. The molecule has 0 fully saturated rings. The minimum Gasteiger partial charge on any atom is -0.510 e. The van der Waals surface area contributed by atoms with Crippen LogP contribution >= 0.6 is 0 Å². The molecule has 0 radical (unpaired) electrons. The standard InChI is InChI=1S/C21H22N2O7/c1-23(2)15-10-7-9-6-8-4-3-5-11(24)12(8)16(25)13(9)18(27)21(10,30)19(28)14(17(15)26)20(22)29/h3-5,9-10,15,24,26-27,30H,6-7H2,1-2H3,(H2,22,29). The van der Waals surface area contributed by atoms with E-state index >= 15 is 0 Å². The van der Waals surface area contributed by atoms with Gasteiger partial charge in [0.15, 0.2) is 11.4 Å². The molecule has 158 valence electrons. The van der Waals surface area contributed by atoms with Crippen LogP contribution in [-0.4, -0.2) is 68.5 Å². The van der Waals surface area contributed by atoms with Gasteiger partial charge < -0.3 is 26.2 Å². The Hall–Kier alpha value is -3.17. The van der Waals surface area contributed by atoms with Crippen LogP contribution in [0.25, 0.3) is 0 Å². The second-order valence-corrected chi connectivity index (χ2v) is 8.27. The number of allylic oxidation sites excluding steroid dienone is 1. The Bertz CT molecular complexity index is 1070. The highest BCUT2D eigenvalue weighted by Gasteiger charge is 2.63. The molecule has 0 spiro atoms. The van der Waals surface area contributed by atoms with Crippen molar-refractivity contribution in [2.45, 2.75) is 24.5 Å². The summed E-state index contributed by atoms with van der Waals surface area (Å²) in [6.45, 7) is 0. The van der Waals surface area contributed by atoms with Gasteiger partial charge in [-0.25, -0.2) is 0 Å². The first-order chi connectivity index (χ1) is 14.0. The summed E-state index contributed by atoms with van der Waals surface area (Å²) in [6.07, 6.45) is 0.379. The van der Waals surface area contributed by atoms with Crippen LogP contribution in [0.2, 0.25) is 0 Å². The number of carbonyl (C=O) groups is 3. The Morgan fingerprint density at radius 3 is 2.47 bits per heavy atom. The Balaban J connectivity index is 1.97. The molecule has 3 aliphatic carbocycles. The lowest BCUT2D eigenvalue weighted by Gasteiger charge is -2.50. The number of hydrogen-bond donors (Lipinski definition) is 5. The van der Waals surface area contributed by atoms with Crippen molar-refractivity contribution in [3.8, 4) is 5.75 Å². The van der Waals surface area contributed by atoms with Gasteiger partial charge >= 0.3 is 0 Å². The monoisotopic (exact) mass is 414 g/mol. The van der Waals surface area contributed by atoms with Crippen LogP contribution in [0.1, 0.15) is 22.3 Å². The van der Waals surface area contributed by atoms with Gasteiger partial charge in [0.25, 0.3) is 5.91 Å². The van der Waals surface area contributed by atoms with Crippen molar-refractivity contribution >= 4 is 17.5 Å². The molecule has 0 heterocycles. The van der Waals surface area contributed by atoms with Crippen molar-refractivity contribution in [2.75, 3.05) is 14.1 Å². The maximum absolute atomic E-state index is 13.1. The number of aliphatic hydroxyl groups is 3. The van der Waals surface area contributed by atoms with E-state index in [2.05, 4.69) is 0 Å². The first kappa shape index (κ1) is 20.1. The fourth-order valence-corrected chi connectivity index (χ4v) is 5.19. The predicted molar refractivity (Wildman–Crippen MR) is 104 cm³/mol. The molecule has 6 N–H and O–H groups in total. The largest absolute Gasteiger partial charge is 0.510 e. The van der Waals surface area contributed by atoms with Gasteiger partial charge in [-0.05, 0) is 44.5 Å². The lowest BCUT2D eigenvalue weighted by Crippen LogP contribution is -2.63. The molecule has 1 amide bonds. The van der Waals surface area contributed by atoms with E-state index in [0.29, 0.717) is 12.0 Å². The highest BCUT2D eigenvalue weighted by Crippen LogP contribution is 2.52. The number of phenolic OH excluding ortho intramolecular Hbond substituents is 1. The lowest BCUT2D eigenvalue weighted by molar-refractivity contribution is -0.148. The van der Waals surface area contributed by atoms with Gasteiger partial charge in [-0.1, -0.05) is 12.1 Å². The molecule has 0 aromatic heterocycles. The van der Waals surface area contributed by atoms with Crippen molar-refractivity contribution < 1.29 is 34.8 Å². The Morgan fingerprint density at radius 1 is 1.20 bits per heavy atom. The molecule has 30 heavy (non-hydrogen) atoms. The minimum atomic E-state index is -2.60. The first-order valence-corrected chi connectivity index (χ1v) is 9.47. The molecule has 0 aliphatic heterocycles. The van der Waals surface area contributed by atoms with E-state index in [0.717, 1.165) is 0 Å². The summed E-state index contributed by atoms with van der Waals surface area (Å²) in [6, 6.07) is 3.66. The molecule has 3 aliphatic rings. The number of primary amides is 1. The van der Waals surface area contributed by atoms with Gasteiger partial charge in [0.05, 0.1) is 11.6 Å². The molecule has 4 unspecified atom stereocenters. The molecule has 9 heteroatoms. The van der Waals surface area contributed by atoms with Gasteiger partial charge in [0.2, 0.25) is 5.78 Å². The second-order valence-electron chi connectivity index (χ2n) is 8.27.